The van der Waals surface area contributed by atoms with Gasteiger partial charge in [-0.25, -0.2) is 4.68 Å². The average molecular weight is 492 g/mol. The van der Waals surface area contributed by atoms with Crippen LogP contribution in [0.1, 0.15) is 32.0 Å². The molecular formula is C27H30ClN5O2. The van der Waals surface area contributed by atoms with Crippen molar-refractivity contribution in [3.63, 3.8) is 0 Å². The summed E-state index contributed by atoms with van der Waals surface area (Å²) in [5.74, 6) is 0. The van der Waals surface area contributed by atoms with Gasteiger partial charge >= 0.3 is 0 Å². The van der Waals surface area contributed by atoms with Crippen molar-refractivity contribution in [1.29, 1.82) is 0 Å². The van der Waals surface area contributed by atoms with E-state index in [1.54, 1.807) is 4.68 Å². The van der Waals surface area contributed by atoms with Gasteiger partial charge in [0.1, 0.15) is 5.65 Å². The minimum absolute atomic E-state index is 0.134. The van der Waals surface area contributed by atoms with Crippen LogP contribution in [-0.2, 0) is 16.7 Å². The Morgan fingerprint density at radius 3 is 2.34 bits per heavy atom. The molecule has 0 aliphatic carbocycles. The van der Waals surface area contributed by atoms with Crippen LogP contribution in [0, 0.1) is 0 Å². The van der Waals surface area contributed by atoms with Gasteiger partial charge in [0.15, 0.2) is 0 Å². The lowest BCUT2D eigenvalue weighted by atomic mass is 9.90. The van der Waals surface area contributed by atoms with Crippen LogP contribution in [0.3, 0.4) is 0 Å². The summed E-state index contributed by atoms with van der Waals surface area (Å²) in [6, 6.07) is 17.7. The second-order valence-electron chi connectivity index (χ2n) is 9.87. The zero-order chi connectivity index (χ0) is 24.6. The van der Waals surface area contributed by atoms with Gasteiger partial charge in [-0.05, 0) is 54.6 Å². The smallest absolute Gasteiger partial charge is 0.254 e. The molecule has 1 aliphatic heterocycles. The molecule has 0 radical (unpaired) electrons. The number of aromatic amines is 1. The molecule has 2 aromatic heterocycles. The fourth-order valence-electron chi connectivity index (χ4n) is 4.38. The van der Waals surface area contributed by atoms with Crippen LogP contribution in [0.4, 0.5) is 11.4 Å². The molecule has 3 heterocycles. The number of hydrogen-bond acceptors (Lipinski definition) is 5. The Labute approximate surface area is 209 Å². The van der Waals surface area contributed by atoms with Crippen LogP contribution < -0.4 is 15.8 Å². The molecule has 2 N–H and O–H groups in total. The summed E-state index contributed by atoms with van der Waals surface area (Å²) in [6.45, 7) is 10.1. The highest BCUT2D eigenvalue weighted by atomic mass is 35.5. The predicted molar refractivity (Wildman–Crippen MR) is 142 cm³/mol. The van der Waals surface area contributed by atoms with Crippen molar-refractivity contribution in [3.05, 3.63) is 81.2 Å². The van der Waals surface area contributed by atoms with E-state index in [2.05, 4.69) is 60.2 Å². The molecule has 1 saturated heterocycles. The third-order valence-electron chi connectivity index (χ3n) is 6.27. The summed E-state index contributed by atoms with van der Waals surface area (Å²) in [7, 11) is 0. The summed E-state index contributed by atoms with van der Waals surface area (Å²) in [5.41, 5.74) is 4.93. The van der Waals surface area contributed by atoms with E-state index in [1.807, 2.05) is 30.3 Å². The Bertz CT molecular complexity index is 1380. The minimum atomic E-state index is -0.200. The molecule has 8 heteroatoms. The van der Waals surface area contributed by atoms with E-state index >= 15 is 0 Å². The maximum atomic E-state index is 13.0. The van der Waals surface area contributed by atoms with Crippen molar-refractivity contribution in [2.45, 2.75) is 32.7 Å². The normalized spacial score (nSPS) is 14.5. The van der Waals surface area contributed by atoms with Gasteiger partial charge in [-0.2, -0.15) is 5.10 Å². The number of nitrogens with one attached hydrogen (secondary N) is 2. The molecule has 182 valence electrons. The van der Waals surface area contributed by atoms with Crippen LogP contribution in [-0.4, -0.2) is 41.1 Å². The molecule has 1 fully saturated rings. The Morgan fingerprint density at radius 2 is 1.69 bits per heavy atom. The molecule has 7 nitrogen and oxygen atoms in total. The van der Waals surface area contributed by atoms with E-state index in [-0.39, 0.29) is 11.0 Å². The summed E-state index contributed by atoms with van der Waals surface area (Å²) in [5, 5.41) is 9.87. The van der Waals surface area contributed by atoms with Gasteiger partial charge in [0.05, 0.1) is 24.6 Å². The number of aromatic nitrogens is 3. The van der Waals surface area contributed by atoms with Gasteiger partial charge < -0.3 is 19.9 Å². The van der Waals surface area contributed by atoms with Gasteiger partial charge in [0.25, 0.3) is 5.56 Å². The number of anilines is 2. The number of hydrogen-bond donors (Lipinski definition) is 2. The Balaban J connectivity index is 1.43. The third-order valence-corrected chi connectivity index (χ3v) is 6.52. The van der Waals surface area contributed by atoms with Gasteiger partial charge in [-0.1, -0.05) is 32.4 Å². The number of pyridine rings is 1. The van der Waals surface area contributed by atoms with E-state index in [0.29, 0.717) is 22.8 Å². The van der Waals surface area contributed by atoms with E-state index < -0.39 is 0 Å². The summed E-state index contributed by atoms with van der Waals surface area (Å²) in [4.78, 5) is 18.4. The molecule has 2 aromatic carbocycles. The first-order valence-corrected chi connectivity index (χ1v) is 12.3. The van der Waals surface area contributed by atoms with Crippen LogP contribution in [0.25, 0.3) is 16.7 Å². The number of ether oxygens (including phenoxy) is 1. The van der Waals surface area contributed by atoms with Crippen LogP contribution in [0.15, 0.2) is 59.4 Å². The Hall–Kier alpha value is -3.29. The fourth-order valence-corrected chi connectivity index (χ4v) is 4.50. The monoisotopic (exact) mass is 491 g/mol. The van der Waals surface area contributed by atoms with E-state index in [9.17, 15) is 4.79 Å². The summed E-state index contributed by atoms with van der Waals surface area (Å²) >= 11 is 6.07. The van der Waals surface area contributed by atoms with Gasteiger partial charge in [0.2, 0.25) is 0 Å². The van der Waals surface area contributed by atoms with Crippen molar-refractivity contribution in [2.75, 3.05) is 36.5 Å². The highest BCUT2D eigenvalue weighted by Crippen LogP contribution is 2.30. The van der Waals surface area contributed by atoms with E-state index in [4.69, 9.17) is 21.4 Å². The quantitative estimate of drug-likeness (QED) is 0.405. The largest absolute Gasteiger partial charge is 0.381 e. The lowest BCUT2D eigenvalue weighted by Crippen LogP contribution is -2.36. The predicted octanol–water partition coefficient (Wildman–Crippen LogP) is 5.11. The number of halogens is 1. The summed E-state index contributed by atoms with van der Waals surface area (Å²) in [6.07, 6.45) is 0. The SMILES string of the molecule is CC(C)(C)c1nn(-c2ccc(Cl)cc2)c2[nH]c(=O)c(CNc3ccc(N4CCOCC4)cc3)cc12. The van der Waals surface area contributed by atoms with Crippen molar-refractivity contribution < 1.29 is 4.74 Å². The average Bonchev–Trinajstić information content (AvgIpc) is 3.23. The summed E-state index contributed by atoms with van der Waals surface area (Å²) < 4.78 is 7.22. The lowest BCUT2D eigenvalue weighted by molar-refractivity contribution is 0.122. The number of benzene rings is 2. The first-order chi connectivity index (χ1) is 16.8. The molecule has 0 spiro atoms. The minimum Gasteiger partial charge on any atom is -0.381 e. The van der Waals surface area contributed by atoms with Crippen LogP contribution in [0.2, 0.25) is 5.02 Å². The second-order valence-corrected chi connectivity index (χ2v) is 10.3. The number of morpholine rings is 1. The highest BCUT2D eigenvalue weighted by Gasteiger charge is 2.24. The fraction of sp³-hybridized carbons (Fsp3) is 0.333. The molecule has 0 amide bonds. The highest BCUT2D eigenvalue weighted by molar-refractivity contribution is 6.30. The van der Waals surface area contributed by atoms with Crippen molar-refractivity contribution >= 4 is 34.0 Å². The zero-order valence-electron chi connectivity index (χ0n) is 20.3. The zero-order valence-corrected chi connectivity index (χ0v) is 21.0. The van der Waals surface area contributed by atoms with Crippen LogP contribution in [0.5, 0.6) is 0 Å². The van der Waals surface area contributed by atoms with Gasteiger partial charge in [-0.3, -0.25) is 4.79 Å². The van der Waals surface area contributed by atoms with Crippen molar-refractivity contribution in [1.82, 2.24) is 14.8 Å². The topological polar surface area (TPSA) is 75.2 Å². The number of rotatable bonds is 5. The second kappa shape index (κ2) is 9.40. The van der Waals surface area contributed by atoms with E-state index in [0.717, 1.165) is 48.8 Å². The molecule has 5 rings (SSSR count). The molecule has 0 unspecified atom stereocenters. The lowest BCUT2D eigenvalue weighted by Gasteiger charge is -2.28. The first kappa shape index (κ1) is 23.5. The van der Waals surface area contributed by atoms with Crippen molar-refractivity contribution in [2.24, 2.45) is 0 Å². The molecule has 0 bridgehead atoms. The number of H-pyrrole nitrogens is 1. The molecule has 4 aromatic rings. The molecule has 35 heavy (non-hydrogen) atoms. The molecule has 0 atom stereocenters. The van der Waals surface area contributed by atoms with Crippen LogP contribution >= 0.6 is 11.6 Å². The van der Waals surface area contributed by atoms with Crippen molar-refractivity contribution in [3.8, 4) is 5.69 Å². The molecule has 0 saturated carbocycles. The standard InChI is InChI=1S/C27H30ClN5O2/c1-27(2,3)24-23-16-18(17-29-20-6-10-21(11-7-20)32-12-14-35-15-13-32)26(34)30-25(23)33(31-24)22-8-4-19(28)5-9-22/h4-11,16,29H,12-15,17H2,1-3H3,(H,30,34). The Morgan fingerprint density at radius 1 is 1.03 bits per heavy atom. The Kier molecular flexibility index (Phi) is 6.30. The maximum Gasteiger partial charge on any atom is 0.254 e. The molecular weight excluding hydrogens is 462 g/mol. The van der Waals surface area contributed by atoms with Gasteiger partial charge in [0, 0.05) is 52.4 Å². The maximum absolute atomic E-state index is 13.0. The third kappa shape index (κ3) is 4.92. The van der Waals surface area contributed by atoms with E-state index in [1.165, 1.54) is 5.69 Å². The number of nitrogens with zero attached hydrogens (tertiary/aromatic N) is 3. The number of fused-ring (bicyclic) bond motifs is 1. The van der Waals surface area contributed by atoms with Gasteiger partial charge in [-0.15, -0.1) is 0 Å². The first-order valence-electron chi connectivity index (χ1n) is 11.9. The molecule has 1 aliphatic rings.